The molecule has 14 nitrogen and oxygen atoms in total. The van der Waals surface area contributed by atoms with Crippen molar-refractivity contribution in [2.75, 3.05) is 65.9 Å². The Bertz CT molecular complexity index is 2420. The van der Waals surface area contributed by atoms with E-state index in [1.807, 2.05) is 0 Å². The molecule has 0 bridgehead atoms. The number of ether oxygens (including phenoxy) is 8. The molecule has 3 aromatic carbocycles. The number of carbonyl (C=O) groups excluding carboxylic acids is 4. The number of esters is 2. The zero-order valence-corrected chi connectivity index (χ0v) is 73.0. The molecule has 0 aromatic heterocycles. The number of amides is 2. The average Bonchev–Trinajstić information content (AvgIpc) is 0.823. The molecular formula is C98H168N2O12. The molecule has 642 valence electrons. The maximum absolute atomic E-state index is 14.1. The van der Waals surface area contributed by atoms with Crippen molar-refractivity contribution < 1.29 is 57.1 Å². The first-order valence-electron chi connectivity index (χ1n) is 47.3. The van der Waals surface area contributed by atoms with Gasteiger partial charge in [0.25, 0.3) is 11.8 Å². The smallest absolute Gasteiger partial charge is 0.338 e. The molecule has 3 rings (SSSR count). The predicted molar refractivity (Wildman–Crippen MR) is 469 cm³/mol. The Balaban J connectivity index is 1.68. The van der Waals surface area contributed by atoms with Gasteiger partial charge in [-0.05, 0) is 87.1 Å². The Hall–Kier alpha value is -5.66. The highest BCUT2D eigenvalue weighted by molar-refractivity contribution is 5.97. The van der Waals surface area contributed by atoms with Gasteiger partial charge in [-0.2, -0.15) is 0 Å². The van der Waals surface area contributed by atoms with E-state index in [0.717, 1.165) is 77.0 Å². The number of hydrogen-bond donors (Lipinski definition) is 2. The fourth-order valence-electron chi connectivity index (χ4n) is 14.5. The molecule has 0 aliphatic heterocycles. The summed E-state index contributed by atoms with van der Waals surface area (Å²) in [6, 6.07) is 13.2. The summed E-state index contributed by atoms with van der Waals surface area (Å²) in [5.41, 5.74) is 1.25. The fourth-order valence-corrected chi connectivity index (χ4v) is 14.5. The highest BCUT2D eigenvalue weighted by Gasteiger charge is 2.23. The van der Waals surface area contributed by atoms with E-state index in [0.29, 0.717) is 85.3 Å². The first kappa shape index (κ1) is 101. The Morgan fingerprint density at radius 3 is 0.571 bits per heavy atom. The first-order valence-corrected chi connectivity index (χ1v) is 47.3. The first-order chi connectivity index (χ1) is 55.2. The monoisotopic (exact) mass is 1570 g/mol. The standard InChI is InChI=1S/C98H168N2O12/c1-7-13-19-25-31-37-43-49-55-61-73-105-89-81-87(82-90(106-74-62-56-50-44-38-32-26-20-14-8-2)93(89)109-77-65-59-53-47-41-35-29-23-17-11-5)95(101)99-71-79-111-97(103)85-67-69-86(70-68-85)98(104)112-80-72-100-96(102)88-83-91(107-75-63-57-51-45-39-33-27-21-15-9-3)94(110-78-66-60-54-48-42-36-30-24-18-12-6)92(84-88)108-76-64-58-52-46-40-34-28-22-16-10-4/h67-70,81-84H,7-66,71-80H2,1-6H3,(H,99,101)(H,100,102). The summed E-state index contributed by atoms with van der Waals surface area (Å²) < 4.78 is 50.7. The normalized spacial score (nSPS) is 11.3. The van der Waals surface area contributed by atoms with Crippen LogP contribution in [0.15, 0.2) is 48.5 Å². The zero-order chi connectivity index (χ0) is 80.3. The molecule has 0 aliphatic rings. The minimum Gasteiger partial charge on any atom is -0.490 e. The van der Waals surface area contributed by atoms with Crippen molar-refractivity contribution in [2.24, 2.45) is 0 Å². The van der Waals surface area contributed by atoms with Crippen molar-refractivity contribution >= 4 is 23.8 Å². The fraction of sp³-hybridized carbons (Fsp3) is 0.776. The number of hydrogen-bond acceptors (Lipinski definition) is 12. The van der Waals surface area contributed by atoms with Gasteiger partial charge in [0.15, 0.2) is 23.0 Å². The van der Waals surface area contributed by atoms with Gasteiger partial charge >= 0.3 is 11.9 Å². The van der Waals surface area contributed by atoms with Crippen molar-refractivity contribution in [1.82, 2.24) is 10.6 Å². The Morgan fingerprint density at radius 2 is 0.384 bits per heavy atom. The summed E-state index contributed by atoms with van der Waals surface area (Å²) in [6.45, 7) is 16.6. The third kappa shape index (κ3) is 53.5. The molecule has 14 heteroatoms. The number of unbranched alkanes of at least 4 members (excludes halogenated alkanes) is 54. The second kappa shape index (κ2) is 74.2. The molecule has 112 heavy (non-hydrogen) atoms. The van der Waals surface area contributed by atoms with E-state index in [-0.39, 0.29) is 49.2 Å². The number of carbonyl (C=O) groups is 4. The Kier molecular flexibility index (Phi) is 66.6. The third-order valence-electron chi connectivity index (χ3n) is 21.7. The molecule has 2 amide bonds. The predicted octanol–water partition coefficient (Wildman–Crippen LogP) is 28.7. The van der Waals surface area contributed by atoms with Crippen LogP contribution in [0, 0.1) is 0 Å². The van der Waals surface area contributed by atoms with Crippen LogP contribution in [-0.4, -0.2) is 89.7 Å². The highest BCUT2D eigenvalue weighted by Crippen LogP contribution is 2.42. The summed E-state index contributed by atoms with van der Waals surface area (Å²) in [5, 5.41) is 5.91. The maximum Gasteiger partial charge on any atom is 0.338 e. The molecule has 0 fully saturated rings. The lowest BCUT2D eigenvalue weighted by Gasteiger charge is -2.19. The van der Waals surface area contributed by atoms with Crippen molar-refractivity contribution in [2.45, 2.75) is 427 Å². The van der Waals surface area contributed by atoms with Crippen molar-refractivity contribution in [1.29, 1.82) is 0 Å². The van der Waals surface area contributed by atoms with E-state index in [4.69, 9.17) is 37.9 Å². The quantitative estimate of drug-likeness (QED) is 0.0406. The van der Waals surface area contributed by atoms with E-state index < -0.39 is 11.9 Å². The van der Waals surface area contributed by atoms with Crippen LogP contribution in [0.4, 0.5) is 0 Å². The summed E-state index contributed by atoms with van der Waals surface area (Å²) in [5.74, 6) is 1.29. The topological polar surface area (TPSA) is 166 Å². The molecule has 0 saturated carbocycles. The minimum atomic E-state index is -0.598. The molecule has 0 unspecified atom stereocenters. The van der Waals surface area contributed by atoms with Crippen molar-refractivity contribution in [3.05, 3.63) is 70.8 Å². The minimum absolute atomic E-state index is 0.0636. The molecule has 0 spiro atoms. The van der Waals surface area contributed by atoms with Crippen molar-refractivity contribution in [3.8, 4) is 34.5 Å². The third-order valence-corrected chi connectivity index (χ3v) is 21.7. The summed E-state index contributed by atoms with van der Waals surface area (Å²) in [6.07, 6.45) is 73.5. The van der Waals surface area contributed by atoms with E-state index in [1.165, 1.54) is 332 Å². The number of nitrogens with one attached hydrogen (secondary N) is 2. The van der Waals surface area contributed by atoms with Crippen LogP contribution in [0.1, 0.15) is 468 Å². The number of rotatable bonds is 82. The molecule has 0 saturated heterocycles. The highest BCUT2D eigenvalue weighted by atomic mass is 16.6. The van der Waals surface area contributed by atoms with E-state index in [9.17, 15) is 19.2 Å². The van der Waals surface area contributed by atoms with E-state index in [2.05, 4.69) is 52.2 Å². The number of benzene rings is 3. The second-order valence-corrected chi connectivity index (χ2v) is 32.1. The summed E-state index contributed by atoms with van der Waals surface area (Å²) >= 11 is 0. The SMILES string of the molecule is CCCCCCCCCCCCOc1cc(C(=O)NCCOC(=O)c2ccc(C(=O)OCCNC(=O)c3cc(OCCCCCCCCCCCC)c(OCCCCCCCCCCCC)c(OCCCCCCCCCCCC)c3)cc2)cc(OCCCCCCCCCCCC)c1OCCCCCCCCCCCC. The van der Waals surface area contributed by atoms with Gasteiger partial charge in [0.1, 0.15) is 13.2 Å². The van der Waals surface area contributed by atoms with Gasteiger partial charge in [-0.3, -0.25) is 9.59 Å². The van der Waals surface area contributed by atoms with Crippen LogP contribution in [0.25, 0.3) is 0 Å². The molecule has 0 aliphatic carbocycles. The summed E-state index contributed by atoms with van der Waals surface area (Å²) in [4.78, 5) is 54.9. The van der Waals surface area contributed by atoms with Gasteiger partial charge in [0, 0.05) is 11.1 Å². The van der Waals surface area contributed by atoms with Gasteiger partial charge in [-0.1, -0.05) is 388 Å². The van der Waals surface area contributed by atoms with Crippen LogP contribution in [0.5, 0.6) is 34.5 Å². The van der Waals surface area contributed by atoms with Crippen LogP contribution in [0.3, 0.4) is 0 Å². The van der Waals surface area contributed by atoms with Gasteiger partial charge < -0.3 is 48.5 Å². The van der Waals surface area contributed by atoms with Gasteiger partial charge in [0.2, 0.25) is 11.5 Å². The van der Waals surface area contributed by atoms with Crippen LogP contribution in [0.2, 0.25) is 0 Å². The van der Waals surface area contributed by atoms with Gasteiger partial charge in [0.05, 0.1) is 63.9 Å². The second-order valence-electron chi connectivity index (χ2n) is 32.1. The lowest BCUT2D eigenvalue weighted by atomic mass is 10.1. The van der Waals surface area contributed by atoms with E-state index in [1.54, 1.807) is 24.3 Å². The molecular weight excluding hydrogens is 1400 g/mol. The molecule has 0 radical (unpaired) electrons. The molecule has 3 aromatic rings. The van der Waals surface area contributed by atoms with Crippen molar-refractivity contribution in [3.63, 3.8) is 0 Å². The summed E-state index contributed by atoms with van der Waals surface area (Å²) in [7, 11) is 0. The maximum atomic E-state index is 14.1. The van der Waals surface area contributed by atoms with E-state index >= 15 is 0 Å². The Morgan fingerprint density at radius 1 is 0.214 bits per heavy atom. The molecule has 2 N–H and O–H groups in total. The largest absolute Gasteiger partial charge is 0.490 e. The Labute approximate surface area is 685 Å². The van der Waals surface area contributed by atoms with Gasteiger partial charge in [-0.15, -0.1) is 0 Å². The van der Waals surface area contributed by atoms with Crippen LogP contribution in [-0.2, 0) is 9.47 Å². The zero-order valence-electron chi connectivity index (χ0n) is 73.0. The van der Waals surface area contributed by atoms with Gasteiger partial charge in [-0.25, -0.2) is 9.59 Å². The lowest BCUT2D eigenvalue weighted by molar-refractivity contribution is 0.0491. The average molecular weight is 1570 g/mol. The molecule has 0 heterocycles. The lowest BCUT2D eigenvalue weighted by Crippen LogP contribution is -2.28. The molecule has 0 atom stereocenters. The van der Waals surface area contributed by atoms with Crippen LogP contribution < -0.4 is 39.1 Å². The van der Waals surface area contributed by atoms with Crippen LogP contribution >= 0.6 is 0 Å².